The van der Waals surface area contributed by atoms with Crippen molar-refractivity contribution in [3.8, 4) is 0 Å². The summed E-state index contributed by atoms with van der Waals surface area (Å²) in [7, 11) is 0. The highest BCUT2D eigenvalue weighted by Gasteiger charge is 2.49. The molecular weight excluding hydrogens is 196 g/mol. The SMILES string of the molecule is CCC(NCCN=[N+]=[N-])(C(=O)O)C1CC1. The molecule has 84 valence electrons. The molecule has 0 saturated heterocycles. The predicted octanol–water partition coefficient (Wildman–Crippen LogP) is 1.53. The molecule has 1 unspecified atom stereocenters. The number of carboxylic acids is 1. The van der Waals surface area contributed by atoms with Crippen molar-refractivity contribution in [1.29, 1.82) is 0 Å². The van der Waals surface area contributed by atoms with Gasteiger partial charge in [-0.3, -0.25) is 4.79 Å². The van der Waals surface area contributed by atoms with E-state index in [9.17, 15) is 9.90 Å². The molecule has 0 amide bonds. The van der Waals surface area contributed by atoms with Crippen LogP contribution in [-0.2, 0) is 4.79 Å². The minimum Gasteiger partial charge on any atom is -0.480 e. The standard InChI is InChI=1S/C9H16N4O2/c1-2-9(8(14)15,7-3-4-7)11-5-6-12-13-10/h7,11H,2-6H2,1H3,(H,14,15). The molecule has 1 aliphatic carbocycles. The van der Waals surface area contributed by atoms with E-state index in [-0.39, 0.29) is 12.5 Å². The van der Waals surface area contributed by atoms with Crippen LogP contribution in [0.3, 0.4) is 0 Å². The lowest BCUT2D eigenvalue weighted by Crippen LogP contribution is -2.54. The second-order valence-electron chi connectivity index (χ2n) is 3.79. The van der Waals surface area contributed by atoms with Gasteiger partial charge in [0.15, 0.2) is 0 Å². The van der Waals surface area contributed by atoms with Gasteiger partial charge in [-0.2, -0.15) is 0 Å². The van der Waals surface area contributed by atoms with E-state index >= 15 is 0 Å². The lowest BCUT2D eigenvalue weighted by molar-refractivity contribution is -0.146. The molecule has 1 atom stereocenters. The molecule has 0 radical (unpaired) electrons. The molecule has 0 aromatic heterocycles. The lowest BCUT2D eigenvalue weighted by atomic mass is 9.90. The number of carbonyl (C=O) groups is 1. The predicted molar refractivity (Wildman–Crippen MR) is 55.4 cm³/mol. The quantitative estimate of drug-likeness (QED) is 0.290. The van der Waals surface area contributed by atoms with Gasteiger partial charge in [0.2, 0.25) is 0 Å². The van der Waals surface area contributed by atoms with Gasteiger partial charge < -0.3 is 10.4 Å². The van der Waals surface area contributed by atoms with E-state index in [1.54, 1.807) is 0 Å². The maximum Gasteiger partial charge on any atom is 0.324 e. The maximum absolute atomic E-state index is 11.2. The Hall–Kier alpha value is -1.26. The van der Waals surface area contributed by atoms with Gasteiger partial charge in [0.05, 0.1) is 0 Å². The van der Waals surface area contributed by atoms with Crippen molar-refractivity contribution in [3.63, 3.8) is 0 Å². The van der Waals surface area contributed by atoms with Crippen molar-refractivity contribution in [1.82, 2.24) is 5.32 Å². The van der Waals surface area contributed by atoms with Crippen LogP contribution in [-0.4, -0.2) is 29.7 Å². The lowest BCUT2D eigenvalue weighted by Gasteiger charge is -2.29. The molecule has 6 heteroatoms. The molecule has 0 aromatic carbocycles. The summed E-state index contributed by atoms with van der Waals surface area (Å²) in [6, 6.07) is 0. The summed E-state index contributed by atoms with van der Waals surface area (Å²) in [5.74, 6) is -0.570. The molecule has 1 rings (SSSR count). The molecule has 1 aliphatic rings. The van der Waals surface area contributed by atoms with Crippen molar-refractivity contribution in [2.75, 3.05) is 13.1 Å². The number of nitrogens with one attached hydrogen (secondary N) is 1. The molecular formula is C9H16N4O2. The summed E-state index contributed by atoms with van der Waals surface area (Å²) in [4.78, 5) is 13.9. The van der Waals surface area contributed by atoms with Crippen LogP contribution in [0.1, 0.15) is 26.2 Å². The third kappa shape index (κ3) is 2.61. The largest absolute Gasteiger partial charge is 0.480 e. The Morgan fingerprint density at radius 2 is 2.40 bits per heavy atom. The first-order chi connectivity index (χ1) is 7.17. The zero-order chi connectivity index (χ0) is 11.3. The number of hydrogen-bond acceptors (Lipinski definition) is 3. The Balaban J connectivity index is 2.55. The third-order valence-electron chi connectivity index (χ3n) is 2.93. The van der Waals surface area contributed by atoms with Crippen LogP contribution >= 0.6 is 0 Å². The van der Waals surface area contributed by atoms with E-state index < -0.39 is 11.5 Å². The number of carboxylic acid groups (broad SMARTS) is 1. The zero-order valence-corrected chi connectivity index (χ0v) is 8.81. The second-order valence-corrected chi connectivity index (χ2v) is 3.79. The van der Waals surface area contributed by atoms with Gasteiger partial charge in [-0.05, 0) is 30.7 Å². The van der Waals surface area contributed by atoms with Crippen LogP contribution in [0.5, 0.6) is 0 Å². The summed E-state index contributed by atoms with van der Waals surface area (Å²) in [6.45, 7) is 2.58. The first-order valence-corrected chi connectivity index (χ1v) is 5.16. The maximum atomic E-state index is 11.2. The summed E-state index contributed by atoms with van der Waals surface area (Å²) >= 11 is 0. The van der Waals surface area contributed by atoms with Crippen molar-refractivity contribution in [2.45, 2.75) is 31.7 Å². The van der Waals surface area contributed by atoms with E-state index in [0.717, 1.165) is 12.8 Å². The van der Waals surface area contributed by atoms with Gasteiger partial charge in [-0.25, -0.2) is 0 Å². The van der Waals surface area contributed by atoms with Crippen molar-refractivity contribution in [3.05, 3.63) is 10.4 Å². The van der Waals surface area contributed by atoms with Gasteiger partial charge in [0.25, 0.3) is 0 Å². The molecule has 6 nitrogen and oxygen atoms in total. The van der Waals surface area contributed by atoms with Crippen LogP contribution in [0.15, 0.2) is 5.11 Å². The fourth-order valence-electron chi connectivity index (χ4n) is 1.91. The zero-order valence-electron chi connectivity index (χ0n) is 8.81. The minimum absolute atomic E-state index is 0.228. The van der Waals surface area contributed by atoms with E-state index in [1.165, 1.54) is 0 Å². The van der Waals surface area contributed by atoms with Crippen molar-refractivity contribution >= 4 is 5.97 Å². The van der Waals surface area contributed by atoms with E-state index in [0.29, 0.717) is 13.0 Å². The van der Waals surface area contributed by atoms with Crippen LogP contribution in [0.25, 0.3) is 10.4 Å². The summed E-state index contributed by atoms with van der Waals surface area (Å²) in [6.07, 6.45) is 2.49. The van der Waals surface area contributed by atoms with Crippen molar-refractivity contribution in [2.24, 2.45) is 11.0 Å². The monoisotopic (exact) mass is 212 g/mol. The summed E-state index contributed by atoms with van der Waals surface area (Å²) < 4.78 is 0. The highest BCUT2D eigenvalue weighted by atomic mass is 16.4. The van der Waals surface area contributed by atoms with Gasteiger partial charge in [0.1, 0.15) is 5.54 Å². The molecule has 0 aliphatic heterocycles. The van der Waals surface area contributed by atoms with Crippen LogP contribution in [0.4, 0.5) is 0 Å². The number of azide groups is 1. The molecule has 1 fully saturated rings. The first-order valence-electron chi connectivity index (χ1n) is 5.16. The number of aliphatic carboxylic acids is 1. The average molecular weight is 212 g/mol. The van der Waals surface area contributed by atoms with Crippen LogP contribution in [0, 0.1) is 5.92 Å². The molecule has 1 saturated carbocycles. The summed E-state index contributed by atoms with van der Waals surface area (Å²) in [5, 5.41) is 15.6. The molecule has 0 heterocycles. The first kappa shape index (κ1) is 11.8. The average Bonchev–Trinajstić information content (AvgIpc) is 3.02. The Kier molecular flexibility index (Phi) is 3.94. The van der Waals surface area contributed by atoms with E-state index in [2.05, 4.69) is 15.3 Å². The van der Waals surface area contributed by atoms with Crippen LogP contribution < -0.4 is 5.32 Å². The van der Waals surface area contributed by atoms with Crippen molar-refractivity contribution < 1.29 is 9.90 Å². The summed E-state index contributed by atoms with van der Waals surface area (Å²) in [5.41, 5.74) is 7.28. The Morgan fingerprint density at radius 1 is 1.73 bits per heavy atom. The van der Waals surface area contributed by atoms with E-state index in [1.807, 2.05) is 6.92 Å². The highest BCUT2D eigenvalue weighted by molar-refractivity contribution is 5.79. The molecule has 0 aromatic rings. The molecule has 0 bridgehead atoms. The minimum atomic E-state index is -0.815. The number of hydrogen-bond donors (Lipinski definition) is 2. The van der Waals surface area contributed by atoms with E-state index in [4.69, 9.17) is 5.53 Å². The number of nitrogens with zero attached hydrogens (tertiary/aromatic N) is 3. The van der Waals surface area contributed by atoms with Crippen LogP contribution in [0.2, 0.25) is 0 Å². The Morgan fingerprint density at radius 3 is 2.80 bits per heavy atom. The molecule has 15 heavy (non-hydrogen) atoms. The fraction of sp³-hybridized carbons (Fsp3) is 0.889. The molecule has 0 spiro atoms. The second kappa shape index (κ2) is 5.00. The molecule has 2 N–H and O–H groups in total. The Labute approximate surface area is 88.3 Å². The van der Waals surface area contributed by atoms with Gasteiger partial charge in [-0.15, -0.1) is 0 Å². The fourth-order valence-corrected chi connectivity index (χ4v) is 1.91. The Bertz CT molecular complexity index is 284. The highest BCUT2D eigenvalue weighted by Crippen LogP contribution is 2.41. The van der Waals surface area contributed by atoms with Gasteiger partial charge in [-0.1, -0.05) is 12.0 Å². The van der Waals surface area contributed by atoms with Gasteiger partial charge in [0, 0.05) is 18.0 Å². The third-order valence-corrected chi connectivity index (χ3v) is 2.93. The normalized spacial score (nSPS) is 19.0. The van der Waals surface area contributed by atoms with Gasteiger partial charge >= 0.3 is 5.97 Å². The smallest absolute Gasteiger partial charge is 0.324 e. The number of rotatable bonds is 7. The topological polar surface area (TPSA) is 98.1 Å².